The van der Waals surface area contributed by atoms with Crippen LogP contribution in [0.1, 0.15) is 0 Å². The molecule has 2 N–H and O–H groups in total. The predicted molar refractivity (Wildman–Crippen MR) is 71.9 cm³/mol. The van der Waals surface area contributed by atoms with Crippen molar-refractivity contribution in [3.8, 4) is 5.75 Å². The van der Waals surface area contributed by atoms with E-state index in [4.69, 9.17) is 4.74 Å². The zero-order valence-electron chi connectivity index (χ0n) is 10.3. The van der Waals surface area contributed by atoms with Gasteiger partial charge >= 0.3 is 6.03 Å². The van der Waals surface area contributed by atoms with Gasteiger partial charge in [0.1, 0.15) is 5.75 Å². The van der Waals surface area contributed by atoms with E-state index in [-0.39, 0.29) is 5.75 Å². The number of urea groups is 1. The lowest BCUT2D eigenvalue weighted by Gasteiger charge is -2.13. The van der Waals surface area contributed by atoms with Crippen molar-refractivity contribution >= 4 is 21.6 Å². The fraction of sp³-hybridized carbons (Fsp3) is 0.250. The second kappa shape index (κ2) is 5.31. The number of ether oxygens (including phenoxy) is 1. The molecule has 2 rings (SSSR count). The lowest BCUT2D eigenvalue weighted by Crippen LogP contribution is -2.38. The smallest absolute Gasteiger partial charge is 0.319 e. The molecule has 2 amide bonds. The first-order chi connectivity index (χ1) is 9.00. The topological polar surface area (TPSA) is 84.5 Å². The average Bonchev–Trinajstić information content (AvgIpc) is 2.69. The monoisotopic (exact) mass is 282 g/mol. The Hall–Kier alpha value is -2.02. The lowest BCUT2D eigenvalue weighted by molar-refractivity contribution is 0.251. The van der Waals surface area contributed by atoms with E-state index in [1.54, 1.807) is 24.3 Å². The van der Waals surface area contributed by atoms with Crippen LogP contribution in [-0.2, 0) is 9.84 Å². The van der Waals surface area contributed by atoms with Crippen molar-refractivity contribution in [2.24, 2.45) is 0 Å². The molecular formula is C12H14N2O4S. The molecule has 0 saturated carbocycles. The van der Waals surface area contributed by atoms with E-state index in [9.17, 15) is 13.2 Å². The third kappa shape index (κ3) is 3.47. The Bertz CT molecular complexity index is 610. The van der Waals surface area contributed by atoms with Crippen LogP contribution in [0.5, 0.6) is 5.75 Å². The molecule has 0 aliphatic carbocycles. The second-order valence-electron chi connectivity index (χ2n) is 4.06. The molecule has 1 atom stereocenters. The Morgan fingerprint density at radius 3 is 2.74 bits per heavy atom. The fourth-order valence-electron chi connectivity index (χ4n) is 1.74. The molecule has 0 spiro atoms. The van der Waals surface area contributed by atoms with Gasteiger partial charge in [-0.05, 0) is 18.2 Å². The van der Waals surface area contributed by atoms with Crippen LogP contribution in [-0.4, -0.2) is 33.4 Å². The largest absolute Gasteiger partial charge is 0.495 e. The van der Waals surface area contributed by atoms with E-state index in [1.807, 2.05) is 0 Å². The van der Waals surface area contributed by atoms with E-state index in [1.165, 1.54) is 13.2 Å². The summed E-state index contributed by atoms with van der Waals surface area (Å²) >= 11 is 0. The molecule has 1 aliphatic heterocycles. The molecule has 0 fully saturated rings. The standard InChI is InChI=1S/C12H14N2O4S/c1-18-11-5-3-2-4-10(11)14-12(15)13-9-6-7-19(16,17)8-9/h2-7,9H,8H2,1H3,(H2,13,14,15). The van der Waals surface area contributed by atoms with Crippen molar-refractivity contribution in [1.82, 2.24) is 5.32 Å². The highest BCUT2D eigenvalue weighted by molar-refractivity contribution is 7.94. The SMILES string of the molecule is COc1ccccc1NC(=O)NC1C=CS(=O)(=O)C1. The minimum Gasteiger partial charge on any atom is -0.495 e. The van der Waals surface area contributed by atoms with Crippen LogP contribution in [0.2, 0.25) is 0 Å². The number of hydrogen-bond donors (Lipinski definition) is 2. The van der Waals surface area contributed by atoms with Crippen LogP contribution in [0, 0.1) is 0 Å². The third-order valence-electron chi connectivity index (χ3n) is 2.60. The van der Waals surface area contributed by atoms with Crippen LogP contribution in [0.15, 0.2) is 35.7 Å². The van der Waals surface area contributed by atoms with Crippen molar-refractivity contribution in [3.05, 3.63) is 35.7 Å². The number of benzene rings is 1. The summed E-state index contributed by atoms with van der Waals surface area (Å²) in [5, 5.41) is 6.29. The summed E-state index contributed by atoms with van der Waals surface area (Å²) in [7, 11) is -1.67. The van der Waals surface area contributed by atoms with Gasteiger partial charge in [-0.15, -0.1) is 0 Å². The molecule has 1 heterocycles. The van der Waals surface area contributed by atoms with E-state index in [0.717, 1.165) is 5.41 Å². The van der Waals surface area contributed by atoms with Crippen molar-refractivity contribution in [2.45, 2.75) is 6.04 Å². The Kier molecular flexibility index (Phi) is 3.75. The predicted octanol–water partition coefficient (Wildman–Crippen LogP) is 1.13. The summed E-state index contributed by atoms with van der Waals surface area (Å²) in [6.07, 6.45) is 1.46. The molecule has 1 aliphatic rings. The van der Waals surface area contributed by atoms with E-state index in [2.05, 4.69) is 10.6 Å². The first kappa shape index (κ1) is 13.4. The number of hydrogen-bond acceptors (Lipinski definition) is 4. The highest BCUT2D eigenvalue weighted by Gasteiger charge is 2.23. The average molecular weight is 282 g/mol. The molecule has 7 heteroatoms. The van der Waals surface area contributed by atoms with Crippen molar-refractivity contribution < 1.29 is 17.9 Å². The summed E-state index contributed by atoms with van der Waals surface area (Å²) in [5.74, 6) is 0.430. The van der Waals surface area contributed by atoms with Crippen molar-refractivity contribution in [3.63, 3.8) is 0 Å². The third-order valence-corrected chi connectivity index (χ3v) is 4.00. The molecular weight excluding hydrogens is 268 g/mol. The van der Waals surface area contributed by atoms with Crippen LogP contribution >= 0.6 is 0 Å². The molecule has 102 valence electrons. The van der Waals surface area contributed by atoms with Gasteiger partial charge in [0.2, 0.25) is 0 Å². The van der Waals surface area contributed by atoms with Gasteiger partial charge < -0.3 is 15.4 Å². The highest BCUT2D eigenvalue weighted by atomic mass is 32.2. The molecule has 0 saturated heterocycles. The van der Waals surface area contributed by atoms with Crippen molar-refractivity contribution in [2.75, 3.05) is 18.2 Å². The number of nitrogens with one attached hydrogen (secondary N) is 2. The number of amides is 2. The van der Waals surface area contributed by atoms with E-state index in [0.29, 0.717) is 11.4 Å². The Morgan fingerprint density at radius 1 is 1.37 bits per heavy atom. The number of carbonyl (C=O) groups is 1. The number of methoxy groups -OCH3 is 1. The van der Waals surface area contributed by atoms with Gasteiger partial charge in [0.05, 0.1) is 24.6 Å². The fourth-order valence-corrected chi connectivity index (χ4v) is 2.98. The maximum absolute atomic E-state index is 11.7. The Labute approximate surface area is 111 Å². The molecule has 1 aromatic carbocycles. The number of anilines is 1. The van der Waals surface area contributed by atoms with Gasteiger partial charge in [-0.2, -0.15) is 0 Å². The van der Waals surface area contributed by atoms with Crippen LogP contribution in [0.3, 0.4) is 0 Å². The minimum atomic E-state index is -3.17. The number of rotatable bonds is 3. The summed E-state index contributed by atoms with van der Waals surface area (Å²) in [4.78, 5) is 11.7. The van der Waals surface area contributed by atoms with Gasteiger partial charge in [-0.3, -0.25) is 0 Å². The number of para-hydroxylation sites is 2. The van der Waals surface area contributed by atoms with Crippen LogP contribution in [0.25, 0.3) is 0 Å². The zero-order chi connectivity index (χ0) is 13.9. The maximum Gasteiger partial charge on any atom is 0.319 e. The minimum absolute atomic E-state index is 0.105. The van der Waals surface area contributed by atoms with Gasteiger partial charge in [-0.25, -0.2) is 13.2 Å². The quantitative estimate of drug-likeness (QED) is 0.870. The van der Waals surface area contributed by atoms with E-state index >= 15 is 0 Å². The highest BCUT2D eigenvalue weighted by Crippen LogP contribution is 2.22. The Balaban J connectivity index is 1.97. The summed E-state index contributed by atoms with van der Waals surface area (Å²) in [5.41, 5.74) is 0.521. The van der Waals surface area contributed by atoms with Crippen molar-refractivity contribution in [1.29, 1.82) is 0 Å². The van der Waals surface area contributed by atoms with Gasteiger partial charge in [0.25, 0.3) is 0 Å². The molecule has 1 aromatic rings. The number of sulfone groups is 1. The molecule has 0 radical (unpaired) electrons. The zero-order valence-corrected chi connectivity index (χ0v) is 11.1. The second-order valence-corrected chi connectivity index (χ2v) is 5.99. The normalized spacial score (nSPS) is 19.9. The lowest BCUT2D eigenvalue weighted by atomic mass is 10.3. The van der Waals surface area contributed by atoms with Gasteiger partial charge in [0, 0.05) is 5.41 Å². The first-order valence-corrected chi connectivity index (χ1v) is 7.33. The summed E-state index contributed by atoms with van der Waals surface area (Å²) < 4.78 is 27.5. The van der Waals surface area contributed by atoms with Gasteiger partial charge in [-0.1, -0.05) is 12.1 Å². The van der Waals surface area contributed by atoms with Crippen LogP contribution in [0.4, 0.5) is 10.5 Å². The Morgan fingerprint density at radius 2 is 2.11 bits per heavy atom. The summed E-state index contributed by atoms with van der Waals surface area (Å²) in [6.45, 7) is 0. The van der Waals surface area contributed by atoms with Gasteiger partial charge in [0.15, 0.2) is 9.84 Å². The van der Waals surface area contributed by atoms with E-state index < -0.39 is 21.9 Å². The molecule has 6 nitrogen and oxygen atoms in total. The summed E-state index contributed by atoms with van der Waals surface area (Å²) in [6, 6.07) is 5.98. The molecule has 0 aromatic heterocycles. The number of carbonyl (C=O) groups excluding carboxylic acids is 1. The first-order valence-electron chi connectivity index (χ1n) is 5.62. The maximum atomic E-state index is 11.7. The van der Waals surface area contributed by atoms with Crippen LogP contribution < -0.4 is 15.4 Å². The molecule has 1 unspecified atom stereocenters. The molecule has 19 heavy (non-hydrogen) atoms. The molecule has 0 bridgehead atoms.